The number of carbonyl (C=O) groups excluding carboxylic acids is 3. The highest BCUT2D eigenvalue weighted by molar-refractivity contribution is 7.98. The fourth-order valence-corrected chi connectivity index (χ4v) is 5.06. The van der Waals surface area contributed by atoms with Crippen LogP contribution in [0.3, 0.4) is 0 Å². The molecular formula is C19H24FN2O4S+. The minimum atomic E-state index is -1.23. The van der Waals surface area contributed by atoms with Gasteiger partial charge in [-0.15, -0.1) is 0 Å². The van der Waals surface area contributed by atoms with Gasteiger partial charge in [-0.05, 0) is 25.0 Å². The molecule has 4 atom stereocenters. The molecule has 1 aromatic carbocycles. The molecule has 2 fully saturated rings. The number of amides is 2. The van der Waals surface area contributed by atoms with Gasteiger partial charge in [0.05, 0.1) is 7.11 Å². The van der Waals surface area contributed by atoms with Crippen LogP contribution >= 0.6 is 11.8 Å². The molecule has 2 heterocycles. The molecule has 8 heteroatoms. The molecule has 146 valence electrons. The van der Waals surface area contributed by atoms with E-state index >= 15 is 0 Å². The van der Waals surface area contributed by atoms with Crippen molar-refractivity contribution >= 4 is 29.5 Å². The van der Waals surface area contributed by atoms with Crippen molar-refractivity contribution in [1.82, 2.24) is 4.90 Å². The molecule has 2 N–H and O–H groups in total. The maximum atomic E-state index is 14.5. The number of halogens is 1. The molecule has 0 spiro atoms. The SMILES string of the molecule is CCN1C(=O)[C@@H]2[C@@H](c3ccccc3F)[NH2+][C@@](CCSC)(C(=O)OC)[C@@H]2C1=O. The van der Waals surface area contributed by atoms with Gasteiger partial charge in [-0.1, -0.05) is 18.2 Å². The first-order valence-corrected chi connectivity index (χ1v) is 10.3. The van der Waals surface area contributed by atoms with Crippen LogP contribution in [0.5, 0.6) is 0 Å². The summed E-state index contributed by atoms with van der Waals surface area (Å²) in [7, 11) is 1.28. The molecule has 6 nitrogen and oxygen atoms in total. The van der Waals surface area contributed by atoms with Gasteiger partial charge < -0.3 is 10.1 Å². The first kappa shape index (κ1) is 19.8. The van der Waals surface area contributed by atoms with Crippen molar-refractivity contribution in [3.8, 4) is 0 Å². The van der Waals surface area contributed by atoms with Crippen molar-refractivity contribution in [3.05, 3.63) is 35.6 Å². The molecule has 2 aliphatic rings. The van der Waals surface area contributed by atoms with E-state index in [2.05, 4.69) is 0 Å². The summed E-state index contributed by atoms with van der Waals surface area (Å²) in [6.45, 7) is 1.95. The van der Waals surface area contributed by atoms with E-state index in [-0.39, 0.29) is 18.4 Å². The van der Waals surface area contributed by atoms with E-state index in [0.717, 1.165) is 0 Å². The second kappa shape index (κ2) is 7.59. The van der Waals surface area contributed by atoms with Gasteiger partial charge in [0.1, 0.15) is 23.7 Å². The lowest BCUT2D eigenvalue weighted by Gasteiger charge is -2.29. The van der Waals surface area contributed by atoms with Crippen LogP contribution in [0.2, 0.25) is 0 Å². The highest BCUT2D eigenvalue weighted by Gasteiger charge is 2.72. The van der Waals surface area contributed by atoms with Crippen LogP contribution in [0, 0.1) is 17.7 Å². The molecule has 2 saturated heterocycles. The molecule has 1 aromatic rings. The van der Waals surface area contributed by atoms with E-state index in [0.29, 0.717) is 17.7 Å². The molecule has 0 bridgehead atoms. The fraction of sp³-hybridized carbons (Fsp3) is 0.526. The monoisotopic (exact) mass is 395 g/mol. The summed E-state index contributed by atoms with van der Waals surface area (Å²) in [5, 5.41) is 1.70. The normalized spacial score (nSPS) is 29.9. The second-order valence-corrected chi connectivity index (χ2v) is 7.90. The lowest BCUT2D eigenvalue weighted by molar-refractivity contribution is -0.734. The van der Waals surface area contributed by atoms with Gasteiger partial charge in [0, 0.05) is 18.5 Å². The molecular weight excluding hydrogens is 371 g/mol. The summed E-state index contributed by atoms with van der Waals surface area (Å²) >= 11 is 1.55. The summed E-state index contributed by atoms with van der Waals surface area (Å²) in [6.07, 6.45) is 2.27. The number of rotatable bonds is 6. The number of thioether (sulfide) groups is 1. The zero-order valence-electron chi connectivity index (χ0n) is 15.6. The number of benzene rings is 1. The first-order chi connectivity index (χ1) is 12.9. The number of esters is 1. The molecule has 3 rings (SSSR count). The van der Waals surface area contributed by atoms with Crippen molar-refractivity contribution in [3.63, 3.8) is 0 Å². The van der Waals surface area contributed by atoms with Crippen molar-refractivity contribution in [1.29, 1.82) is 0 Å². The quantitative estimate of drug-likeness (QED) is 0.567. The third-order valence-corrected chi connectivity index (χ3v) is 6.34. The van der Waals surface area contributed by atoms with Gasteiger partial charge in [0.2, 0.25) is 17.4 Å². The van der Waals surface area contributed by atoms with E-state index in [4.69, 9.17) is 4.74 Å². The number of quaternary nitrogens is 1. The standard InChI is InChI=1S/C19H23FN2O4S/c1-4-22-16(23)13-14(17(22)24)19(9-10-27-3,18(25)26-2)21-15(13)11-7-5-6-8-12(11)20/h5-8,13-15,21H,4,9-10H2,1-3H3/p+1/t13-,14-,15+,19+/m0/s1. The maximum Gasteiger partial charge on any atom is 0.368 e. The number of hydrogen-bond donors (Lipinski definition) is 1. The second-order valence-electron chi connectivity index (χ2n) is 6.91. The van der Waals surface area contributed by atoms with Gasteiger partial charge >= 0.3 is 5.97 Å². The van der Waals surface area contributed by atoms with Crippen LogP contribution in [0.15, 0.2) is 24.3 Å². The summed E-state index contributed by atoms with van der Waals surface area (Å²) in [4.78, 5) is 40.1. The average Bonchev–Trinajstić information content (AvgIpc) is 3.14. The molecule has 0 saturated carbocycles. The van der Waals surface area contributed by atoms with Gasteiger partial charge in [-0.3, -0.25) is 14.5 Å². The predicted molar refractivity (Wildman–Crippen MR) is 98.2 cm³/mol. The van der Waals surface area contributed by atoms with Crippen molar-refractivity contribution in [2.24, 2.45) is 11.8 Å². The Balaban J connectivity index is 2.16. The topological polar surface area (TPSA) is 80.3 Å². The number of ether oxygens (including phenoxy) is 1. The summed E-state index contributed by atoms with van der Waals surface area (Å²) < 4.78 is 19.6. The number of nitrogens with zero attached hydrogens (tertiary/aromatic N) is 1. The number of fused-ring (bicyclic) bond motifs is 1. The van der Waals surface area contributed by atoms with E-state index in [1.165, 1.54) is 18.1 Å². The zero-order chi connectivity index (χ0) is 19.8. The summed E-state index contributed by atoms with van der Waals surface area (Å²) in [6, 6.07) is 5.57. The van der Waals surface area contributed by atoms with Crippen LogP contribution in [0.1, 0.15) is 24.9 Å². The van der Waals surface area contributed by atoms with E-state index in [1.807, 2.05) is 6.26 Å². The molecule has 0 radical (unpaired) electrons. The van der Waals surface area contributed by atoms with Crippen molar-refractivity contribution in [2.75, 3.05) is 25.7 Å². The molecule has 2 amide bonds. The number of imide groups is 1. The number of nitrogens with two attached hydrogens (primary N) is 1. The largest absolute Gasteiger partial charge is 0.464 e. The van der Waals surface area contributed by atoms with Crippen LogP contribution in [0.25, 0.3) is 0 Å². The minimum Gasteiger partial charge on any atom is -0.464 e. The van der Waals surface area contributed by atoms with Crippen LogP contribution < -0.4 is 5.32 Å². The Kier molecular flexibility index (Phi) is 5.58. The molecule has 27 heavy (non-hydrogen) atoms. The van der Waals surface area contributed by atoms with Gasteiger partial charge in [-0.2, -0.15) is 11.8 Å². The molecule has 2 aliphatic heterocycles. The lowest BCUT2D eigenvalue weighted by Crippen LogP contribution is -2.98. The highest BCUT2D eigenvalue weighted by Crippen LogP contribution is 2.46. The third-order valence-electron chi connectivity index (χ3n) is 5.73. The summed E-state index contributed by atoms with van der Waals surface area (Å²) in [5.74, 6) is -2.71. The maximum absolute atomic E-state index is 14.5. The Bertz CT molecular complexity index is 774. The van der Waals surface area contributed by atoms with Crippen LogP contribution in [0.4, 0.5) is 4.39 Å². The first-order valence-electron chi connectivity index (χ1n) is 8.96. The smallest absolute Gasteiger partial charge is 0.368 e. The van der Waals surface area contributed by atoms with Crippen molar-refractivity contribution < 1.29 is 28.8 Å². The number of hydrogen-bond acceptors (Lipinski definition) is 5. The Morgan fingerprint density at radius 1 is 1.33 bits per heavy atom. The molecule has 0 unspecified atom stereocenters. The van der Waals surface area contributed by atoms with E-state index in [1.54, 1.807) is 42.2 Å². The molecule has 0 aliphatic carbocycles. The van der Waals surface area contributed by atoms with Gasteiger partial charge in [0.25, 0.3) is 0 Å². The number of carbonyl (C=O) groups is 3. The predicted octanol–water partition coefficient (Wildman–Crippen LogP) is 0.730. The Morgan fingerprint density at radius 2 is 2.04 bits per heavy atom. The Hall–Kier alpha value is -1.93. The fourth-order valence-electron chi connectivity index (χ4n) is 4.52. The zero-order valence-corrected chi connectivity index (χ0v) is 16.4. The van der Waals surface area contributed by atoms with Gasteiger partial charge in [0.15, 0.2) is 0 Å². The third kappa shape index (κ3) is 2.95. The van der Waals surface area contributed by atoms with E-state index in [9.17, 15) is 18.8 Å². The average molecular weight is 395 g/mol. The minimum absolute atomic E-state index is 0.231. The van der Waals surface area contributed by atoms with Gasteiger partial charge in [-0.25, -0.2) is 9.18 Å². The van der Waals surface area contributed by atoms with E-state index < -0.39 is 35.2 Å². The number of methoxy groups -OCH3 is 1. The molecule has 0 aromatic heterocycles. The number of likely N-dealkylation sites (tertiary alicyclic amines) is 1. The Morgan fingerprint density at radius 3 is 2.63 bits per heavy atom. The van der Waals surface area contributed by atoms with Crippen LogP contribution in [-0.4, -0.2) is 53.9 Å². The lowest BCUT2D eigenvalue weighted by atomic mass is 9.78. The highest BCUT2D eigenvalue weighted by atomic mass is 32.2. The van der Waals surface area contributed by atoms with Crippen LogP contribution in [-0.2, 0) is 19.1 Å². The van der Waals surface area contributed by atoms with Crippen molar-refractivity contribution in [2.45, 2.75) is 24.9 Å². The summed E-state index contributed by atoms with van der Waals surface area (Å²) in [5.41, 5.74) is -0.895. The Labute approximate surface area is 161 Å².